The minimum atomic E-state index is -0.702. The molecule has 0 radical (unpaired) electrons. The summed E-state index contributed by atoms with van der Waals surface area (Å²) >= 11 is 5.78. The molecule has 0 aliphatic rings. The molecule has 0 saturated heterocycles. The van der Waals surface area contributed by atoms with E-state index in [2.05, 4.69) is 15.6 Å². The number of halogens is 1. The van der Waals surface area contributed by atoms with Crippen LogP contribution in [0.4, 0.5) is 5.82 Å². The Balaban J connectivity index is 2.07. The average molecular weight is 362 g/mol. The molecular weight excluding hydrogens is 342 g/mol. The number of anilines is 1. The predicted molar refractivity (Wildman–Crippen MR) is 97.0 cm³/mol. The van der Waals surface area contributed by atoms with E-state index in [1.165, 1.54) is 6.20 Å². The minimum absolute atomic E-state index is 0.102. The summed E-state index contributed by atoms with van der Waals surface area (Å²) in [4.78, 5) is 28.9. The molecule has 0 spiro atoms. The van der Waals surface area contributed by atoms with Crippen LogP contribution < -0.4 is 15.4 Å². The van der Waals surface area contributed by atoms with Crippen LogP contribution in [0.3, 0.4) is 0 Å². The van der Waals surface area contributed by atoms with Crippen molar-refractivity contribution in [1.29, 1.82) is 0 Å². The van der Waals surface area contributed by atoms with Crippen molar-refractivity contribution in [2.45, 2.75) is 19.9 Å². The summed E-state index contributed by atoms with van der Waals surface area (Å²) in [7, 11) is 1.55. The molecule has 25 heavy (non-hydrogen) atoms. The Morgan fingerprint density at radius 2 is 1.80 bits per heavy atom. The summed E-state index contributed by atoms with van der Waals surface area (Å²) in [6.45, 7) is 3.71. The lowest BCUT2D eigenvalue weighted by molar-refractivity contribution is -0.118. The van der Waals surface area contributed by atoms with Crippen molar-refractivity contribution in [3.05, 3.63) is 53.2 Å². The van der Waals surface area contributed by atoms with Crippen LogP contribution in [-0.2, 0) is 4.79 Å². The highest BCUT2D eigenvalue weighted by atomic mass is 35.5. The Morgan fingerprint density at radius 3 is 2.32 bits per heavy atom. The van der Waals surface area contributed by atoms with Crippen LogP contribution in [0.15, 0.2) is 42.6 Å². The highest BCUT2D eigenvalue weighted by molar-refractivity contribution is 6.30. The second-order valence-electron chi connectivity index (χ2n) is 5.77. The van der Waals surface area contributed by atoms with Crippen molar-refractivity contribution >= 4 is 29.2 Å². The first-order chi connectivity index (χ1) is 11.9. The number of hydrogen-bond acceptors (Lipinski definition) is 4. The molecule has 0 fully saturated rings. The van der Waals surface area contributed by atoms with Gasteiger partial charge in [0.25, 0.3) is 5.91 Å². The van der Waals surface area contributed by atoms with Crippen molar-refractivity contribution < 1.29 is 14.3 Å². The summed E-state index contributed by atoms with van der Waals surface area (Å²) in [6, 6.07) is 9.20. The van der Waals surface area contributed by atoms with Crippen molar-refractivity contribution in [2.24, 2.45) is 5.92 Å². The summed E-state index contributed by atoms with van der Waals surface area (Å²) in [5.41, 5.74) is 0.448. The smallest absolute Gasteiger partial charge is 0.251 e. The molecule has 1 aromatic carbocycles. The molecule has 1 heterocycles. The van der Waals surface area contributed by atoms with Gasteiger partial charge in [0, 0.05) is 11.8 Å². The summed E-state index contributed by atoms with van der Waals surface area (Å²) in [5.74, 6) is 0.254. The molecule has 0 bridgehead atoms. The van der Waals surface area contributed by atoms with E-state index < -0.39 is 6.04 Å². The number of pyridine rings is 1. The highest BCUT2D eigenvalue weighted by Crippen LogP contribution is 2.14. The van der Waals surface area contributed by atoms with Gasteiger partial charge in [0.1, 0.15) is 17.6 Å². The van der Waals surface area contributed by atoms with Crippen molar-refractivity contribution in [3.8, 4) is 5.75 Å². The largest absolute Gasteiger partial charge is 0.497 e. The molecule has 1 atom stereocenters. The molecule has 0 aliphatic heterocycles. The molecule has 7 heteroatoms. The van der Waals surface area contributed by atoms with Gasteiger partial charge < -0.3 is 15.4 Å². The Kier molecular flexibility index (Phi) is 6.36. The minimum Gasteiger partial charge on any atom is -0.497 e. The molecule has 2 N–H and O–H groups in total. The molecule has 0 aliphatic carbocycles. The van der Waals surface area contributed by atoms with E-state index in [-0.39, 0.29) is 17.7 Å². The van der Waals surface area contributed by atoms with E-state index in [0.717, 1.165) is 0 Å². The number of carbonyl (C=O) groups is 2. The average Bonchev–Trinajstić information content (AvgIpc) is 2.61. The van der Waals surface area contributed by atoms with E-state index in [1.807, 2.05) is 13.8 Å². The van der Waals surface area contributed by atoms with E-state index in [0.29, 0.717) is 22.2 Å². The number of nitrogens with zero attached hydrogens (tertiary/aromatic N) is 1. The van der Waals surface area contributed by atoms with E-state index in [1.54, 1.807) is 43.5 Å². The summed E-state index contributed by atoms with van der Waals surface area (Å²) < 4.78 is 5.07. The second kappa shape index (κ2) is 8.48. The van der Waals surface area contributed by atoms with Gasteiger partial charge in [-0.25, -0.2) is 4.98 Å². The van der Waals surface area contributed by atoms with Gasteiger partial charge in [-0.15, -0.1) is 0 Å². The number of nitrogens with one attached hydrogen (secondary N) is 2. The SMILES string of the molecule is COc1ccc(C(=O)NC(C(=O)Nc2ccc(Cl)cn2)C(C)C)cc1. The fourth-order valence-corrected chi connectivity index (χ4v) is 2.27. The quantitative estimate of drug-likeness (QED) is 0.828. The Morgan fingerprint density at radius 1 is 1.12 bits per heavy atom. The van der Waals surface area contributed by atoms with Gasteiger partial charge in [0.2, 0.25) is 5.91 Å². The predicted octanol–water partition coefficient (Wildman–Crippen LogP) is 3.14. The van der Waals surface area contributed by atoms with Crippen molar-refractivity contribution in [3.63, 3.8) is 0 Å². The number of ether oxygens (including phenoxy) is 1. The first-order valence-corrected chi connectivity index (χ1v) is 8.16. The van der Waals surface area contributed by atoms with Gasteiger partial charge in [-0.3, -0.25) is 9.59 Å². The van der Waals surface area contributed by atoms with Crippen LogP contribution in [0.2, 0.25) is 5.02 Å². The summed E-state index contributed by atoms with van der Waals surface area (Å²) in [6.07, 6.45) is 1.44. The summed E-state index contributed by atoms with van der Waals surface area (Å²) in [5, 5.41) is 5.92. The second-order valence-corrected chi connectivity index (χ2v) is 6.21. The third kappa shape index (κ3) is 5.19. The van der Waals surface area contributed by atoms with Crippen LogP contribution in [0.25, 0.3) is 0 Å². The molecule has 1 aromatic heterocycles. The molecule has 2 amide bonds. The van der Waals surface area contributed by atoms with Gasteiger partial charge in [0.15, 0.2) is 0 Å². The fourth-order valence-electron chi connectivity index (χ4n) is 2.16. The first kappa shape index (κ1) is 18.7. The van der Waals surface area contributed by atoms with E-state index >= 15 is 0 Å². The van der Waals surface area contributed by atoms with Gasteiger partial charge in [-0.05, 0) is 42.3 Å². The third-order valence-corrected chi connectivity index (χ3v) is 3.79. The Bertz CT molecular complexity index is 730. The standard InChI is InChI=1S/C18H20ClN3O3/c1-11(2)16(18(24)21-15-9-6-13(19)10-20-15)22-17(23)12-4-7-14(25-3)8-5-12/h4-11,16H,1-3H3,(H,22,23)(H,20,21,24). The third-order valence-electron chi connectivity index (χ3n) is 3.57. The van der Waals surface area contributed by atoms with Crippen molar-refractivity contribution in [1.82, 2.24) is 10.3 Å². The van der Waals surface area contributed by atoms with Crippen LogP contribution >= 0.6 is 11.6 Å². The Hall–Kier alpha value is -2.60. The fraction of sp³-hybridized carbons (Fsp3) is 0.278. The first-order valence-electron chi connectivity index (χ1n) is 7.78. The van der Waals surface area contributed by atoms with Crippen LogP contribution in [0.5, 0.6) is 5.75 Å². The zero-order valence-corrected chi connectivity index (χ0v) is 15.0. The van der Waals surface area contributed by atoms with E-state index in [4.69, 9.17) is 16.3 Å². The highest BCUT2D eigenvalue weighted by Gasteiger charge is 2.25. The molecule has 1 unspecified atom stereocenters. The number of rotatable bonds is 6. The maximum atomic E-state index is 12.5. The molecule has 2 aromatic rings. The number of carbonyl (C=O) groups excluding carboxylic acids is 2. The normalized spacial score (nSPS) is 11.7. The van der Waals surface area contributed by atoms with Gasteiger partial charge in [-0.1, -0.05) is 25.4 Å². The van der Waals surface area contributed by atoms with Gasteiger partial charge in [0.05, 0.1) is 12.1 Å². The maximum Gasteiger partial charge on any atom is 0.251 e. The van der Waals surface area contributed by atoms with Gasteiger partial charge >= 0.3 is 0 Å². The Labute approximate surface area is 151 Å². The molecule has 0 saturated carbocycles. The number of hydrogen-bond donors (Lipinski definition) is 2. The zero-order chi connectivity index (χ0) is 18.4. The number of methoxy groups -OCH3 is 1. The lowest BCUT2D eigenvalue weighted by atomic mass is 10.0. The van der Waals surface area contributed by atoms with Crippen LogP contribution in [-0.4, -0.2) is 29.9 Å². The van der Waals surface area contributed by atoms with Gasteiger partial charge in [-0.2, -0.15) is 0 Å². The lowest BCUT2D eigenvalue weighted by Gasteiger charge is -2.21. The molecule has 6 nitrogen and oxygen atoms in total. The van der Waals surface area contributed by atoms with Crippen molar-refractivity contribution in [2.75, 3.05) is 12.4 Å². The number of aromatic nitrogens is 1. The molecule has 132 valence electrons. The lowest BCUT2D eigenvalue weighted by Crippen LogP contribution is -2.47. The molecular formula is C18H20ClN3O3. The zero-order valence-electron chi connectivity index (χ0n) is 14.2. The van der Waals surface area contributed by atoms with Crippen LogP contribution in [0, 0.1) is 5.92 Å². The molecule has 2 rings (SSSR count). The van der Waals surface area contributed by atoms with Crippen LogP contribution in [0.1, 0.15) is 24.2 Å². The monoisotopic (exact) mass is 361 g/mol. The van der Waals surface area contributed by atoms with E-state index in [9.17, 15) is 9.59 Å². The topological polar surface area (TPSA) is 80.3 Å². The maximum absolute atomic E-state index is 12.5. The number of benzene rings is 1. The number of amides is 2.